The maximum atomic E-state index is 12.2. The van der Waals surface area contributed by atoms with E-state index in [9.17, 15) is 4.79 Å². The SMILES string of the molecule is CCOC(=O)C1(NCCCN=[N+]=[N-])CCN(C)CC1. The van der Waals surface area contributed by atoms with Crippen molar-refractivity contribution in [3.63, 3.8) is 0 Å². The van der Waals surface area contributed by atoms with Crippen LogP contribution in [0.15, 0.2) is 5.11 Å². The van der Waals surface area contributed by atoms with Crippen molar-refractivity contribution < 1.29 is 9.53 Å². The van der Waals surface area contributed by atoms with E-state index in [1.807, 2.05) is 6.92 Å². The lowest BCUT2D eigenvalue weighted by molar-refractivity contribution is -0.153. The lowest BCUT2D eigenvalue weighted by atomic mass is 9.87. The third kappa shape index (κ3) is 4.70. The van der Waals surface area contributed by atoms with E-state index in [4.69, 9.17) is 10.3 Å². The number of nitrogens with zero attached hydrogens (tertiary/aromatic N) is 4. The first-order chi connectivity index (χ1) is 9.14. The summed E-state index contributed by atoms with van der Waals surface area (Å²) in [5.41, 5.74) is 7.64. The molecule has 0 bridgehead atoms. The number of esters is 1. The fourth-order valence-corrected chi connectivity index (χ4v) is 2.24. The van der Waals surface area contributed by atoms with Crippen LogP contribution < -0.4 is 5.32 Å². The molecule has 7 nitrogen and oxygen atoms in total. The first-order valence-electron chi connectivity index (χ1n) is 6.76. The maximum Gasteiger partial charge on any atom is 0.326 e. The number of carbonyl (C=O) groups is 1. The van der Waals surface area contributed by atoms with Crippen LogP contribution >= 0.6 is 0 Å². The Morgan fingerprint density at radius 2 is 2.21 bits per heavy atom. The van der Waals surface area contributed by atoms with Gasteiger partial charge < -0.3 is 15.0 Å². The predicted molar refractivity (Wildman–Crippen MR) is 72.7 cm³/mol. The summed E-state index contributed by atoms with van der Waals surface area (Å²) >= 11 is 0. The maximum absolute atomic E-state index is 12.2. The number of piperidine rings is 1. The summed E-state index contributed by atoms with van der Waals surface area (Å²) in [6.07, 6.45) is 2.23. The zero-order valence-electron chi connectivity index (χ0n) is 11.8. The van der Waals surface area contributed by atoms with Gasteiger partial charge in [0.1, 0.15) is 5.54 Å². The molecule has 1 saturated heterocycles. The van der Waals surface area contributed by atoms with E-state index in [0.29, 0.717) is 19.7 Å². The van der Waals surface area contributed by atoms with Gasteiger partial charge in [-0.25, -0.2) is 0 Å². The van der Waals surface area contributed by atoms with E-state index in [2.05, 4.69) is 27.3 Å². The molecule has 0 aromatic carbocycles. The van der Waals surface area contributed by atoms with Crippen LogP contribution in [0.5, 0.6) is 0 Å². The quantitative estimate of drug-likeness (QED) is 0.248. The van der Waals surface area contributed by atoms with Crippen molar-refractivity contribution in [3.8, 4) is 0 Å². The largest absolute Gasteiger partial charge is 0.465 e. The molecule has 0 saturated carbocycles. The van der Waals surface area contributed by atoms with Crippen LogP contribution in [0, 0.1) is 0 Å². The molecule has 1 heterocycles. The second kappa shape index (κ2) is 7.99. The molecule has 19 heavy (non-hydrogen) atoms. The van der Waals surface area contributed by atoms with Crippen molar-refractivity contribution >= 4 is 5.97 Å². The van der Waals surface area contributed by atoms with Crippen LogP contribution in [0.4, 0.5) is 0 Å². The molecule has 0 spiro atoms. The van der Waals surface area contributed by atoms with Gasteiger partial charge in [0.05, 0.1) is 6.61 Å². The van der Waals surface area contributed by atoms with E-state index in [1.165, 1.54) is 0 Å². The van der Waals surface area contributed by atoms with Crippen LogP contribution in [0.2, 0.25) is 0 Å². The molecule has 0 radical (unpaired) electrons. The van der Waals surface area contributed by atoms with Crippen LogP contribution in [0.1, 0.15) is 26.2 Å². The molecule has 0 aromatic heterocycles. The van der Waals surface area contributed by atoms with Crippen molar-refractivity contribution in [2.24, 2.45) is 5.11 Å². The normalized spacial score (nSPS) is 18.6. The second-order valence-electron chi connectivity index (χ2n) is 4.84. The van der Waals surface area contributed by atoms with Gasteiger partial charge in [0.2, 0.25) is 0 Å². The first-order valence-corrected chi connectivity index (χ1v) is 6.76. The number of likely N-dealkylation sites (tertiary alicyclic amines) is 1. The van der Waals surface area contributed by atoms with Crippen molar-refractivity contribution in [3.05, 3.63) is 10.4 Å². The van der Waals surface area contributed by atoms with Crippen molar-refractivity contribution in [2.75, 3.05) is 39.8 Å². The van der Waals surface area contributed by atoms with E-state index in [1.54, 1.807) is 0 Å². The summed E-state index contributed by atoms with van der Waals surface area (Å²) < 4.78 is 5.20. The van der Waals surface area contributed by atoms with Gasteiger partial charge in [0.15, 0.2) is 0 Å². The molecule has 0 amide bonds. The molecule has 1 aliphatic heterocycles. The monoisotopic (exact) mass is 269 g/mol. The number of rotatable bonds is 7. The molecular formula is C12H23N5O2. The van der Waals surface area contributed by atoms with Gasteiger partial charge in [-0.1, -0.05) is 5.11 Å². The minimum Gasteiger partial charge on any atom is -0.465 e. The van der Waals surface area contributed by atoms with Crippen LogP contribution in [-0.4, -0.2) is 56.2 Å². The van der Waals surface area contributed by atoms with Crippen LogP contribution in [0.25, 0.3) is 10.4 Å². The number of carbonyl (C=O) groups excluding carboxylic acids is 1. The molecule has 1 rings (SSSR count). The van der Waals surface area contributed by atoms with Crippen LogP contribution in [0.3, 0.4) is 0 Å². The highest BCUT2D eigenvalue weighted by Crippen LogP contribution is 2.23. The zero-order chi connectivity index (χ0) is 14.1. The molecule has 108 valence electrons. The molecule has 0 unspecified atom stereocenters. The van der Waals surface area contributed by atoms with E-state index >= 15 is 0 Å². The molecule has 1 N–H and O–H groups in total. The third-order valence-corrected chi connectivity index (χ3v) is 3.47. The number of nitrogens with one attached hydrogen (secondary N) is 1. The molecule has 0 aromatic rings. The van der Waals surface area contributed by atoms with E-state index in [0.717, 1.165) is 32.4 Å². The summed E-state index contributed by atoms with van der Waals surface area (Å²) in [7, 11) is 2.05. The summed E-state index contributed by atoms with van der Waals surface area (Å²) in [4.78, 5) is 17.1. The number of hydrogen-bond acceptors (Lipinski definition) is 5. The molecule has 7 heteroatoms. The average molecular weight is 269 g/mol. The molecule has 1 aliphatic rings. The standard InChI is InChI=1S/C12H23N5O2/c1-3-19-11(18)12(5-9-17(2)10-6-12)14-7-4-8-15-16-13/h14H,3-10H2,1-2H3. The number of hydrogen-bond donors (Lipinski definition) is 1. The molecule has 1 fully saturated rings. The Kier molecular flexibility index (Phi) is 6.62. The van der Waals surface area contributed by atoms with Gasteiger partial charge >= 0.3 is 5.97 Å². The minimum absolute atomic E-state index is 0.160. The summed E-state index contributed by atoms with van der Waals surface area (Å²) in [5, 5.41) is 6.80. The third-order valence-electron chi connectivity index (χ3n) is 3.47. The Hall–Kier alpha value is -1.30. The Morgan fingerprint density at radius 1 is 1.53 bits per heavy atom. The molecule has 0 atom stereocenters. The van der Waals surface area contributed by atoms with Crippen LogP contribution in [-0.2, 0) is 9.53 Å². The Labute approximate surface area is 113 Å². The number of ether oxygens (including phenoxy) is 1. The van der Waals surface area contributed by atoms with Gasteiger partial charge in [-0.2, -0.15) is 0 Å². The predicted octanol–water partition coefficient (Wildman–Crippen LogP) is 1.30. The molecule has 0 aliphatic carbocycles. The van der Waals surface area contributed by atoms with Gasteiger partial charge in [0, 0.05) is 24.5 Å². The fraction of sp³-hybridized carbons (Fsp3) is 0.917. The fourth-order valence-electron chi connectivity index (χ4n) is 2.24. The Bertz CT molecular complexity index is 333. The van der Waals surface area contributed by atoms with Gasteiger partial charge in [-0.3, -0.25) is 4.79 Å². The molecular weight excluding hydrogens is 246 g/mol. The zero-order valence-corrected chi connectivity index (χ0v) is 11.8. The summed E-state index contributed by atoms with van der Waals surface area (Å²) in [6, 6.07) is 0. The number of azide groups is 1. The van der Waals surface area contributed by atoms with Gasteiger partial charge in [0.25, 0.3) is 0 Å². The average Bonchev–Trinajstić information content (AvgIpc) is 2.41. The van der Waals surface area contributed by atoms with Crippen molar-refractivity contribution in [1.82, 2.24) is 10.2 Å². The Morgan fingerprint density at radius 3 is 2.79 bits per heavy atom. The highest BCUT2D eigenvalue weighted by molar-refractivity contribution is 5.81. The Balaban J connectivity index is 2.54. The van der Waals surface area contributed by atoms with E-state index in [-0.39, 0.29) is 5.97 Å². The highest BCUT2D eigenvalue weighted by atomic mass is 16.5. The van der Waals surface area contributed by atoms with E-state index < -0.39 is 5.54 Å². The second-order valence-corrected chi connectivity index (χ2v) is 4.84. The lowest BCUT2D eigenvalue weighted by Gasteiger charge is -2.39. The smallest absolute Gasteiger partial charge is 0.326 e. The highest BCUT2D eigenvalue weighted by Gasteiger charge is 2.41. The van der Waals surface area contributed by atoms with Crippen molar-refractivity contribution in [1.29, 1.82) is 0 Å². The minimum atomic E-state index is -0.571. The van der Waals surface area contributed by atoms with Gasteiger partial charge in [-0.05, 0) is 45.3 Å². The van der Waals surface area contributed by atoms with Crippen molar-refractivity contribution in [2.45, 2.75) is 31.7 Å². The first kappa shape index (κ1) is 15.8. The topological polar surface area (TPSA) is 90.3 Å². The summed E-state index contributed by atoms with van der Waals surface area (Å²) in [6.45, 7) is 5.08. The van der Waals surface area contributed by atoms with Gasteiger partial charge in [-0.15, -0.1) is 0 Å². The lowest BCUT2D eigenvalue weighted by Crippen LogP contribution is -2.58. The summed E-state index contributed by atoms with van der Waals surface area (Å²) in [5.74, 6) is -0.160.